The zero-order valence-electron chi connectivity index (χ0n) is 29.7. The van der Waals surface area contributed by atoms with E-state index in [1.54, 1.807) is 0 Å². The number of aliphatic carboxylic acids is 1. The molecule has 3 aliphatic rings. The van der Waals surface area contributed by atoms with E-state index in [1.807, 2.05) is 0 Å². The number of carboxylic acids is 1. The molecule has 0 spiro atoms. The monoisotopic (exact) mass is 648 g/mol. The third-order valence-electron chi connectivity index (χ3n) is 11.1. The van der Waals surface area contributed by atoms with Crippen molar-refractivity contribution >= 4 is 44.6 Å². The Morgan fingerprint density at radius 1 is 0.796 bits per heavy atom. The van der Waals surface area contributed by atoms with Crippen molar-refractivity contribution in [3.05, 3.63) is 131 Å². The van der Waals surface area contributed by atoms with Gasteiger partial charge in [0.2, 0.25) is 5.69 Å². The maximum Gasteiger partial charge on any atom is 0.210 e. The molecule has 1 aliphatic carbocycles. The van der Waals surface area contributed by atoms with Crippen LogP contribution in [0.3, 0.4) is 0 Å². The summed E-state index contributed by atoms with van der Waals surface area (Å²) in [5.41, 5.74) is 10.4. The Morgan fingerprint density at radius 3 is 2.22 bits per heavy atom. The van der Waals surface area contributed by atoms with Gasteiger partial charge in [-0.05, 0) is 109 Å². The molecule has 49 heavy (non-hydrogen) atoms. The lowest BCUT2D eigenvalue weighted by atomic mass is 9.79. The Morgan fingerprint density at radius 2 is 1.49 bits per heavy atom. The fourth-order valence-corrected chi connectivity index (χ4v) is 8.70. The normalized spacial score (nSPS) is 19.8. The summed E-state index contributed by atoms with van der Waals surface area (Å²) < 4.78 is 2.37. The number of hydrogen-bond donors (Lipinski definition) is 0. The van der Waals surface area contributed by atoms with E-state index >= 15 is 0 Å². The van der Waals surface area contributed by atoms with Crippen LogP contribution in [0.2, 0.25) is 0 Å². The molecule has 4 aromatic carbocycles. The van der Waals surface area contributed by atoms with Crippen LogP contribution >= 0.6 is 0 Å². The Labute approximate surface area is 291 Å². The zero-order chi connectivity index (χ0) is 34.3. The SMILES string of the molecule is C[N+]1=C(C=CC2=CC(=CC=C3N(CCCCCC(=O)[O-])c4ccc5ccccc5c4C3(C)C)CCC2)C(C)(C)c2c1ccc1ccccc21. The second-order valence-electron chi connectivity index (χ2n) is 15.1. The number of carboxylic acid groups (broad SMARTS) is 1. The fraction of sp³-hybridized carbons (Fsp3) is 0.333. The highest BCUT2D eigenvalue weighted by Gasteiger charge is 2.44. The van der Waals surface area contributed by atoms with E-state index in [9.17, 15) is 9.90 Å². The third kappa shape index (κ3) is 5.96. The van der Waals surface area contributed by atoms with Gasteiger partial charge in [-0.1, -0.05) is 93.1 Å². The summed E-state index contributed by atoms with van der Waals surface area (Å²) in [5, 5.41) is 16.2. The molecule has 4 heteroatoms. The molecule has 0 N–H and O–H groups in total. The molecule has 7 rings (SSSR count). The van der Waals surface area contributed by atoms with Gasteiger partial charge >= 0.3 is 0 Å². The van der Waals surface area contributed by atoms with Gasteiger partial charge in [-0.2, -0.15) is 4.58 Å². The number of carbonyl (C=O) groups excluding carboxylic acids is 1. The lowest BCUT2D eigenvalue weighted by Crippen LogP contribution is -2.27. The molecule has 4 nitrogen and oxygen atoms in total. The molecular formula is C45H48N2O2. The molecule has 0 saturated carbocycles. The molecule has 4 aromatic rings. The van der Waals surface area contributed by atoms with Crippen LogP contribution in [0.15, 0.2) is 120 Å². The van der Waals surface area contributed by atoms with Gasteiger partial charge in [0, 0.05) is 47.0 Å². The minimum atomic E-state index is -0.961. The molecule has 0 bridgehead atoms. The van der Waals surface area contributed by atoms with Crippen LogP contribution in [-0.4, -0.2) is 29.8 Å². The minimum absolute atomic E-state index is 0.0963. The van der Waals surface area contributed by atoms with Crippen molar-refractivity contribution in [3.63, 3.8) is 0 Å². The number of fused-ring (bicyclic) bond motifs is 6. The third-order valence-corrected chi connectivity index (χ3v) is 11.1. The van der Waals surface area contributed by atoms with E-state index in [1.165, 1.54) is 66.6 Å². The van der Waals surface area contributed by atoms with Gasteiger partial charge < -0.3 is 14.8 Å². The van der Waals surface area contributed by atoms with Gasteiger partial charge in [-0.15, -0.1) is 0 Å². The molecule has 0 radical (unpaired) electrons. The maximum absolute atomic E-state index is 11.0. The number of unbranched alkanes of at least 4 members (excludes halogenated alkanes) is 2. The van der Waals surface area contributed by atoms with Crippen LogP contribution < -0.4 is 10.0 Å². The van der Waals surface area contributed by atoms with Gasteiger partial charge in [0.05, 0.1) is 5.41 Å². The largest absolute Gasteiger partial charge is 0.550 e. The van der Waals surface area contributed by atoms with E-state index in [0.717, 1.165) is 38.6 Å². The van der Waals surface area contributed by atoms with Crippen molar-refractivity contribution in [2.24, 2.45) is 0 Å². The van der Waals surface area contributed by atoms with Gasteiger partial charge in [-0.3, -0.25) is 0 Å². The van der Waals surface area contributed by atoms with E-state index in [2.05, 4.69) is 147 Å². The fourth-order valence-electron chi connectivity index (χ4n) is 8.70. The molecule has 0 unspecified atom stereocenters. The summed E-state index contributed by atoms with van der Waals surface area (Å²) >= 11 is 0. The molecular weight excluding hydrogens is 601 g/mol. The molecule has 250 valence electrons. The second-order valence-corrected chi connectivity index (χ2v) is 15.1. The van der Waals surface area contributed by atoms with E-state index < -0.39 is 5.97 Å². The highest BCUT2D eigenvalue weighted by molar-refractivity contribution is 6.07. The average molecular weight is 649 g/mol. The van der Waals surface area contributed by atoms with E-state index in [-0.39, 0.29) is 17.3 Å². The first-order valence-corrected chi connectivity index (χ1v) is 18.0. The predicted molar refractivity (Wildman–Crippen MR) is 203 cm³/mol. The van der Waals surface area contributed by atoms with Gasteiger partial charge in [-0.25, -0.2) is 0 Å². The molecule has 0 amide bonds. The smallest absolute Gasteiger partial charge is 0.210 e. The van der Waals surface area contributed by atoms with Crippen molar-refractivity contribution in [2.45, 2.75) is 83.5 Å². The number of hydrogen-bond acceptors (Lipinski definition) is 3. The van der Waals surface area contributed by atoms with E-state index in [0.29, 0.717) is 6.42 Å². The first-order valence-electron chi connectivity index (χ1n) is 18.0. The van der Waals surface area contributed by atoms with Crippen LogP contribution in [0.25, 0.3) is 21.5 Å². The number of rotatable bonds is 9. The highest BCUT2D eigenvalue weighted by atomic mass is 16.4. The number of anilines is 1. The first kappa shape index (κ1) is 32.8. The Balaban J connectivity index is 1.18. The number of nitrogens with zero attached hydrogens (tertiary/aromatic N) is 2. The number of carbonyl (C=O) groups is 1. The summed E-state index contributed by atoms with van der Waals surface area (Å²) in [4.78, 5) is 13.5. The molecule has 0 fully saturated rings. The standard InChI is InChI=1S/C45H48N2O2/c1-44(2)39(46(5)37-25-23-33-16-8-10-18-35(33)42(37)44)27-21-31-14-13-15-32(30-31)22-28-40-45(3,4)43-36-19-11-9-17-34(36)24-26-38(43)47(40)29-12-6-7-20-41(48)49/h8-11,16-19,21-28,30H,6-7,12-15,20,29H2,1-5H3. The average Bonchev–Trinajstić information content (AvgIpc) is 3.43. The van der Waals surface area contributed by atoms with Crippen molar-refractivity contribution in [1.29, 1.82) is 0 Å². The van der Waals surface area contributed by atoms with Gasteiger partial charge in [0.15, 0.2) is 5.71 Å². The topological polar surface area (TPSA) is 46.4 Å². The van der Waals surface area contributed by atoms with Crippen LogP contribution in [0, 0.1) is 0 Å². The molecule has 2 heterocycles. The Kier molecular flexibility index (Phi) is 8.69. The molecule has 0 atom stereocenters. The summed E-state index contributed by atoms with van der Waals surface area (Å²) in [7, 11) is 2.20. The van der Waals surface area contributed by atoms with Crippen molar-refractivity contribution in [2.75, 3.05) is 18.5 Å². The van der Waals surface area contributed by atoms with Crippen LogP contribution in [0.1, 0.15) is 83.8 Å². The van der Waals surface area contributed by atoms with Gasteiger partial charge in [0.1, 0.15) is 7.05 Å². The van der Waals surface area contributed by atoms with Crippen LogP contribution in [0.5, 0.6) is 0 Å². The predicted octanol–water partition coefficient (Wildman–Crippen LogP) is 9.58. The second kappa shape index (κ2) is 13.0. The van der Waals surface area contributed by atoms with Crippen LogP contribution in [0.4, 0.5) is 11.4 Å². The van der Waals surface area contributed by atoms with Crippen molar-refractivity contribution in [3.8, 4) is 0 Å². The summed E-state index contributed by atoms with van der Waals surface area (Å²) in [6.07, 6.45) is 17.7. The molecule has 0 saturated heterocycles. The van der Waals surface area contributed by atoms with Crippen LogP contribution in [-0.2, 0) is 15.6 Å². The van der Waals surface area contributed by atoms with Crippen molar-refractivity contribution < 1.29 is 14.5 Å². The summed E-state index contributed by atoms with van der Waals surface area (Å²) in [5.74, 6) is -0.961. The minimum Gasteiger partial charge on any atom is -0.550 e. The highest BCUT2D eigenvalue weighted by Crippen LogP contribution is 2.51. The zero-order valence-corrected chi connectivity index (χ0v) is 29.7. The van der Waals surface area contributed by atoms with E-state index in [4.69, 9.17) is 0 Å². The maximum atomic E-state index is 11.0. The summed E-state index contributed by atoms with van der Waals surface area (Å²) in [6.45, 7) is 10.3. The van der Waals surface area contributed by atoms with Gasteiger partial charge in [0.25, 0.3) is 0 Å². The lowest BCUT2D eigenvalue weighted by molar-refractivity contribution is -0.401. The molecule has 0 aromatic heterocycles. The number of allylic oxidation sites excluding steroid dienone is 8. The lowest BCUT2D eigenvalue weighted by Gasteiger charge is -2.27. The quantitative estimate of drug-likeness (QED) is 0.134. The van der Waals surface area contributed by atoms with Crippen molar-refractivity contribution in [1.82, 2.24) is 0 Å². The first-order chi connectivity index (χ1) is 23.6. The summed E-state index contributed by atoms with van der Waals surface area (Å²) in [6, 6.07) is 26.5. The Bertz CT molecular complexity index is 2120. The number of benzene rings is 4. The Hall–Kier alpha value is -4.70. The molecule has 2 aliphatic heterocycles.